The number of aliphatic hydroxyl groups is 1. The zero-order chi connectivity index (χ0) is 5.70. The van der Waals surface area contributed by atoms with Gasteiger partial charge in [-0.2, -0.15) is 0 Å². The number of carbonyl (C=O) groups is 1. The van der Waals surface area contributed by atoms with E-state index < -0.39 is 6.03 Å². The molecule has 0 aromatic heterocycles. The van der Waals surface area contributed by atoms with Gasteiger partial charge in [0, 0.05) is 0 Å². The highest BCUT2D eigenvalue weighted by Crippen LogP contribution is 1.84. The first kappa shape index (κ1) is 10.5. The van der Waals surface area contributed by atoms with Crippen LogP contribution in [-0.4, -0.2) is 17.1 Å². The Bertz CT molecular complexity index is 68.3. The average Bonchev–Trinajstić information content (AvgIpc) is 1.61. The van der Waals surface area contributed by atoms with Crippen LogP contribution in [-0.2, 0) is 0 Å². The summed E-state index contributed by atoms with van der Waals surface area (Å²) in [5.41, 5.74) is 4.60. The SMILES string of the molecule is N.NC(=O)NSCO. The van der Waals surface area contributed by atoms with Gasteiger partial charge in [0.2, 0.25) is 0 Å². The van der Waals surface area contributed by atoms with Crippen LogP contribution in [0.2, 0.25) is 0 Å². The van der Waals surface area contributed by atoms with E-state index in [1.807, 2.05) is 0 Å². The van der Waals surface area contributed by atoms with E-state index in [1.54, 1.807) is 0 Å². The fraction of sp³-hybridized carbons (Fsp3) is 0.500. The third kappa shape index (κ3) is 9.11. The predicted molar refractivity (Wildman–Crippen MR) is 32.4 cm³/mol. The van der Waals surface area contributed by atoms with Crippen molar-refractivity contribution in [2.24, 2.45) is 5.73 Å². The second-order valence-electron chi connectivity index (χ2n) is 0.740. The van der Waals surface area contributed by atoms with E-state index >= 15 is 0 Å². The number of nitrogens with two attached hydrogens (primary N) is 1. The van der Waals surface area contributed by atoms with Crippen LogP contribution in [0.25, 0.3) is 0 Å². The van der Waals surface area contributed by atoms with Gasteiger partial charge in [-0.3, -0.25) is 4.72 Å². The van der Waals surface area contributed by atoms with Crippen molar-refractivity contribution in [3.8, 4) is 0 Å². The summed E-state index contributed by atoms with van der Waals surface area (Å²) in [6.45, 7) is 0. The summed E-state index contributed by atoms with van der Waals surface area (Å²) in [5.74, 6) is -0.150. The number of nitrogens with one attached hydrogen (secondary N) is 1. The van der Waals surface area contributed by atoms with Gasteiger partial charge in [0.25, 0.3) is 0 Å². The van der Waals surface area contributed by atoms with Crippen LogP contribution >= 0.6 is 11.9 Å². The van der Waals surface area contributed by atoms with Crippen molar-refractivity contribution in [3.63, 3.8) is 0 Å². The molecule has 0 rings (SSSR count). The van der Waals surface area contributed by atoms with Crippen LogP contribution < -0.4 is 16.6 Å². The van der Waals surface area contributed by atoms with E-state index in [0.29, 0.717) is 0 Å². The van der Waals surface area contributed by atoms with Gasteiger partial charge >= 0.3 is 6.03 Å². The zero-order valence-corrected chi connectivity index (χ0v) is 5.07. The van der Waals surface area contributed by atoms with Gasteiger partial charge in [0.05, 0.1) is 0 Å². The number of urea groups is 1. The van der Waals surface area contributed by atoms with Gasteiger partial charge < -0.3 is 17.0 Å². The lowest BCUT2D eigenvalue weighted by atomic mass is 11.2. The molecule has 8 heavy (non-hydrogen) atoms. The summed E-state index contributed by atoms with van der Waals surface area (Å²) in [7, 11) is 0. The molecule has 0 fully saturated rings. The number of hydrogen-bond donors (Lipinski definition) is 4. The summed E-state index contributed by atoms with van der Waals surface area (Å²) in [6, 6.07) is -0.640. The average molecular weight is 139 g/mol. The monoisotopic (exact) mass is 139 g/mol. The van der Waals surface area contributed by atoms with Gasteiger partial charge in [0.15, 0.2) is 0 Å². The Balaban J connectivity index is 0. The molecular weight excluding hydrogens is 130 g/mol. The quantitative estimate of drug-likeness (QED) is 0.303. The maximum atomic E-state index is 9.74. The van der Waals surface area contributed by atoms with E-state index in [-0.39, 0.29) is 12.1 Å². The molecule has 50 valence electrons. The fourth-order valence-electron chi connectivity index (χ4n) is 0.103. The molecule has 0 saturated carbocycles. The first-order valence-electron chi connectivity index (χ1n) is 1.55. The lowest BCUT2D eigenvalue weighted by Gasteiger charge is -1.91. The van der Waals surface area contributed by atoms with E-state index in [9.17, 15) is 4.79 Å². The predicted octanol–water partition coefficient (Wildman–Crippen LogP) is -0.585. The molecule has 2 amide bonds. The molecule has 0 atom stereocenters. The molecule has 0 aliphatic rings. The van der Waals surface area contributed by atoms with E-state index in [4.69, 9.17) is 5.11 Å². The molecule has 0 heterocycles. The maximum Gasteiger partial charge on any atom is 0.322 e. The van der Waals surface area contributed by atoms with Gasteiger partial charge in [0.1, 0.15) is 5.94 Å². The minimum absolute atomic E-state index is 0. The Labute approximate surface area is 51.3 Å². The number of carbonyl (C=O) groups excluding carboxylic acids is 1. The van der Waals surface area contributed by atoms with Gasteiger partial charge in [-0.15, -0.1) is 0 Å². The third-order valence-corrected chi connectivity index (χ3v) is 0.712. The normalized spacial score (nSPS) is 7.12. The molecule has 0 aliphatic carbocycles. The van der Waals surface area contributed by atoms with Crippen molar-refractivity contribution in [1.82, 2.24) is 10.9 Å². The molecule has 0 aromatic rings. The highest BCUT2D eigenvalue weighted by Gasteiger charge is 1.85. The number of primary amides is 1. The van der Waals surface area contributed by atoms with Crippen molar-refractivity contribution < 1.29 is 9.90 Å². The van der Waals surface area contributed by atoms with E-state index in [0.717, 1.165) is 11.9 Å². The molecule has 0 spiro atoms. The smallest absolute Gasteiger partial charge is 0.322 e. The van der Waals surface area contributed by atoms with Crippen molar-refractivity contribution in [2.75, 3.05) is 5.94 Å². The van der Waals surface area contributed by atoms with E-state index in [2.05, 4.69) is 10.5 Å². The highest BCUT2D eigenvalue weighted by atomic mass is 32.2. The number of rotatable bonds is 2. The van der Waals surface area contributed by atoms with Crippen LogP contribution in [0.3, 0.4) is 0 Å². The van der Waals surface area contributed by atoms with Crippen LogP contribution in [0.5, 0.6) is 0 Å². The molecular formula is C2H9N3O2S. The number of hydrogen-bond acceptors (Lipinski definition) is 4. The topological polar surface area (TPSA) is 110 Å². The van der Waals surface area contributed by atoms with Crippen LogP contribution in [0.15, 0.2) is 0 Å². The van der Waals surface area contributed by atoms with Gasteiger partial charge in [-0.05, 0) is 11.9 Å². The Kier molecular flexibility index (Phi) is 8.59. The van der Waals surface area contributed by atoms with Crippen molar-refractivity contribution in [3.05, 3.63) is 0 Å². The van der Waals surface area contributed by atoms with E-state index in [1.165, 1.54) is 0 Å². The lowest BCUT2D eigenvalue weighted by Crippen LogP contribution is -2.23. The van der Waals surface area contributed by atoms with Crippen molar-refractivity contribution >= 4 is 18.0 Å². The number of aliphatic hydroxyl groups excluding tert-OH is 1. The molecule has 0 aromatic carbocycles. The first-order chi connectivity index (χ1) is 3.27. The molecule has 0 aliphatic heterocycles. The standard InChI is InChI=1S/C2H6N2O2S.H3N/c3-2(6)4-7-1-5;/h5H,1H2,(H3,3,4,6);1H3. The third-order valence-electron chi connectivity index (χ3n) is 0.237. The Morgan fingerprint density at radius 1 is 1.88 bits per heavy atom. The molecule has 0 bridgehead atoms. The Morgan fingerprint density at radius 3 is 2.50 bits per heavy atom. The summed E-state index contributed by atoms with van der Waals surface area (Å²) in [4.78, 5) is 9.74. The van der Waals surface area contributed by atoms with Crippen molar-refractivity contribution in [1.29, 1.82) is 0 Å². The summed E-state index contributed by atoms with van der Waals surface area (Å²) in [5, 5.41) is 8.01. The largest absolute Gasteiger partial charge is 0.384 e. The molecule has 6 heteroatoms. The van der Waals surface area contributed by atoms with Crippen LogP contribution in [0, 0.1) is 0 Å². The fourth-order valence-corrected chi connectivity index (χ4v) is 0.310. The summed E-state index contributed by atoms with van der Waals surface area (Å²) in [6.07, 6.45) is 0. The Hall–Kier alpha value is -0.460. The second kappa shape index (κ2) is 6.54. The van der Waals surface area contributed by atoms with Gasteiger partial charge in [-0.1, -0.05) is 0 Å². The lowest BCUT2D eigenvalue weighted by molar-refractivity contribution is 0.254. The highest BCUT2D eigenvalue weighted by molar-refractivity contribution is 7.97. The first-order valence-corrected chi connectivity index (χ1v) is 2.54. The van der Waals surface area contributed by atoms with Crippen molar-refractivity contribution in [2.45, 2.75) is 0 Å². The van der Waals surface area contributed by atoms with Gasteiger partial charge in [-0.25, -0.2) is 4.79 Å². The minimum atomic E-state index is -0.640. The minimum Gasteiger partial charge on any atom is -0.384 e. The summed E-state index contributed by atoms with van der Waals surface area (Å²) < 4.78 is 2.10. The Morgan fingerprint density at radius 2 is 2.38 bits per heavy atom. The second-order valence-corrected chi connectivity index (χ2v) is 1.49. The molecule has 7 N–H and O–H groups in total. The molecule has 0 unspecified atom stereocenters. The van der Waals surface area contributed by atoms with Crippen LogP contribution in [0.4, 0.5) is 4.79 Å². The maximum absolute atomic E-state index is 9.74. The summed E-state index contributed by atoms with van der Waals surface area (Å²) >= 11 is 0.847. The molecule has 5 nitrogen and oxygen atoms in total. The number of amides is 2. The molecule has 0 radical (unpaired) electrons. The van der Waals surface area contributed by atoms with Crippen LogP contribution in [0.1, 0.15) is 0 Å². The zero-order valence-electron chi connectivity index (χ0n) is 4.26. The molecule has 0 saturated heterocycles.